The summed E-state index contributed by atoms with van der Waals surface area (Å²) in [5, 5.41) is 14.9. The molecule has 0 aromatic heterocycles. The van der Waals surface area contributed by atoms with Crippen LogP contribution < -0.4 is 20.5 Å². The van der Waals surface area contributed by atoms with Crippen molar-refractivity contribution in [3.05, 3.63) is 58.6 Å². The van der Waals surface area contributed by atoms with Gasteiger partial charge in [-0.05, 0) is 68.7 Å². The lowest BCUT2D eigenvalue weighted by molar-refractivity contribution is -0.123. The van der Waals surface area contributed by atoms with Gasteiger partial charge in [-0.3, -0.25) is 14.4 Å². The molecular weight excluding hydrogens is 482 g/mol. The summed E-state index contributed by atoms with van der Waals surface area (Å²) in [6.07, 6.45) is 3.34. The van der Waals surface area contributed by atoms with E-state index in [-0.39, 0.29) is 24.7 Å². The highest BCUT2D eigenvalue weighted by molar-refractivity contribution is 6.30. The number of hydrogen-bond acceptors (Lipinski definition) is 6. The molecule has 9 nitrogen and oxygen atoms in total. The molecule has 2 heterocycles. The number of halogens is 1. The second kappa shape index (κ2) is 13.5. The Kier molecular flexibility index (Phi) is 10.1. The van der Waals surface area contributed by atoms with E-state index in [9.17, 15) is 9.59 Å². The standard InChI is InChI=1S/C25H30ClN5O2.CH2O2/c1-2-28-29-22-17-24(32)31(15-5-12-27-25(33)18-6-8-19(26)9-7-18)23-11-10-20(16-21(22)23)30-13-3-4-14-30;2-1-3/h6-11,16,28H,2-5,12-15,17H2,1H3,(H,27,33);1H,(H,2,3)/b29-22+;. The Morgan fingerprint density at radius 1 is 1.17 bits per heavy atom. The van der Waals surface area contributed by atoms with E-state index in [1.807, 2.05) is 17.9 Å². The molecule has 0 saturated carbocycles. The molecule has 2 aromatic carbocycles. The zero-order chi connectivity index (χ0) is 25.9. The van der Waals surface area contributed by atoms with Crippen molar-refractivity contribution in [2.75, 3.05) is 42.5 Å². The highest BCUT2D eigenvalue weighted by Crippen LogP contribution is 2.33. The summed E-state index contributed by atoms with van der Waals surface area (Å²) >= 11 is 5.88. The van der Waals surface area contributed by atoms with Gasteiger partial charge in [0, 0.05) is 54.6 Å². The number of rotatable bonds is 8. The van der Waals surface area contributed by atoms with Crippen molar-refractivity contribution >= 4 is 47.0 Å². The van der Waals surface area contributed by atoms with Crippen molar-refractivity contribution in [3.8, 4) is 0 Å². The number of carbonyl (C=O) groups excluding carboxylic acids is 2. The van der Waals surface area contributed by atoms with E-state index in [1.54, 1.807) is 24.3 Å². The first kappa shape index (κ1) is 27.0. The van der Waals surface area contributed by atoms with Crippen LogP contribution in [0.1, 0.15) is 48.5 Å². The van der Waals surface area contributed by atoms with Gasteiger partial charge in [0.1, 0.15) is 0 Å². The van der Waals surface area contributed by atoms with Gasteiger partial charge in [0.25, 0.3) is 12.4 Å². The number of nitrogens with zero attached hydrogens (tertiary/aromatic N) is 3. The minimum absolute atomic E-state index is 0.0251. The molecule has 1 saturated heterocycles. The van der Waals surface area contributed by atoms with Crippen LogP contribution in [0, 0.1) is 0 Å². The zero-order valence-corrected chi connectivity index (χ0v) is 21.1. The van der Waals surface area contributed by atoms with Crippen LogP contribution >= 0.6 is 11.6 Å². The molecule has 0 bridgehead atoms. The molecule has 0 unspecified atom stereocenters. The van der Waals surface area contributed by atoms with Crippen LogP contribution in [0.5, 0.6) is 0 Å². The summed E-state index contributed by atoms with van der Waals surface area (Å²) in [6.45, 7) is 5.58. The minimum Gasteiger partial charge on any atom is -0.483 e. The Morgan fingerprint density at radius 3 is 2.53 bits per heavy atom. The predicted octanol–water partition coefficient (Wildman–Crippen LogP) is 3.51. The summed E-state index contributed by atoms with van der Waals surface area (Å²) in [5.74, 6) is -0.121. The molecule has 10 heteroatoms. The number of fused-ring (bicyclic) bond motifs is 1. The van der Waals surface area contributed by atoms with Gasteiger partial charge in [-0.1, -0.05) is 11.6 Å². The molecule has 36 heavy (non-hydrogen) atoms. The Balaban J connectivity index is 0.00000115. The SMILES string of the molecule is CCN/N=C1\CC(=O)N(CCCNC(=O)c2ccc(Cl)cc2)c2ccc(N3CCCC3)cc21.O=CO. The first-order valence-corrected chi connectivity index (χ1v) is 12.5. The first-order valence-electron chi connectivity index (χ1n) is 12.1. The molecule has 2 aliphatic rings. The van der Waals surface area contributed by atoms with Crippen molar-refractivity contribution in [3.63, 3.8) is 0 Å². The predicted molar refractivity (Wildman–Crippen MR) is 142 cm³/mol. The van der Waals surface area contributed by atoms with Gasteiger partial charge >= 0.3 is 0 Å². The van der Waals surface area contributed by atoms with Gasteiger partial charge in [-0.2, -0.15) is 5.10 Å². The molecule has 0 atom stereocenters. The van der Waals surface area contributed by atoms with Crippen LogP contribution in [0.15, 0.2) is 47.6 Å². The Hall–Kier alpha value is -3.59. The summed E-state index contributed by atoms with van der Waals surface area (Å²) in [4.78, 5) is 37.8. The fraction of sp³-hybridized carbons (Fsp3) is 0.385. The molecule has 2 aliphatic heterocycles. The quantitative estimate of drug-likeness (QED) is 0.283. The van der Waals surface area contributed by atoms with E-state index in [0.29, 0.717) is 36.6 Å². The topological polar surface area (TPSA) is 114 Å². The molecule has 0 radical (unpaired) electrons. The average molecular weight is 514 g/mol. The second-order valence-corrected chi connectivity index (χ2v) is 8.85. The maximum Gasteiger partial charge on any atom is 0.290 e. The van der Waals surface area contributed by atoms with Crippen molar-refractivity contribution in [2.45, 2.75) is 32.6 Å². The van der Waals surface area contributed by atoms with Gasteiger partial charge in [0.15, 0.2) is 0 Å². The molecule has 2 amide bonds. The van der Waals surface area contributed by atoms with Crippen molar-refractivity contribution < 1.29 is 19.5 Å². The Bertz CT molecular complexity index is 1080. The number of benzene rings is 2. The number of hydrazone groups is 1. The number of carboxylic acid groups (broad SMARTS) is 1. The van der Waals surface area contributed by atoms with E-state index in [4.69, 9.17) is 21.5 Å². The maximum absolute atomic E-state index is 13.0. The smallest absolute Gasteiger partial charge is 0.290 e. The monoisotopic (exact) mass is 513 g/mol. The van der Waals surface area contributed by atoms with Crippen LogP contribution in [0.2, 0.25) is 5.02 Å². The largest absolute Gasteiger partial charge is 0.483 e. The van der Waals surface area contributed by atoms with Crippen LogP contribution in [-0.4, -0.2) is 61.8 Å². The van der Waals surface area contributed by atoms with Crippen LogP contribution in [-0.2, 0) is 9.59 Å². The molecule has 192 valence electrons. The number of carbonyl (C=O) groups is 3. The molecule has 0 aliphatic carbocycles. The van der Waals surface area contributed by atoms with E-state index in [0.717, 1.165) is 30.1 Å². The lowest BCUT2D eigenvalue weighted by Crippen LogP contribution is -2.40. The van der Waals surface area contributed by atoms with Gasteiger partial charge in [0.2, 0.25) is 5.91 Å². The number of nitrogens with one attached hydrogen (secondary N) is 2. The summed E-state index contributed by atoms with van der Waals surface area (Å²) < 4.78 is 0. The lowest BCUT2D eigenvalue weighted by Gasteiger charge is -2.31. The fourth-order valence-corrected chi connectivity index (χ4v) is 4.42. The van der Waals surface area contributed by atoms with Gasteiger partial charge in [-0.25, -0.2) is 0 Å². The lowest BCUT2D eigenvalue weighted by atomic mass is 9.97. The van der Waals surface area contributed by atoms with Gasteiger partial charge in [0.05, 0.1) is 17.8 Å². The third-order valence-corrected chi connectivity index (χ3v) is 6.25. The normalized spacial score (nSPS) is 15.7. The molecule has 1 fully saturated rings. The third kappa shape index (κ3) is 6.97. The van der Waals surface area contributed by atoms with Crippen molar-refractivity contribution in [1.82, 2.24) is 10.7 Å². The number of hydrogen-bond donors (Lipinski definition) is 3. The molecule has 0 spiro atoms. The minimum atomic E-state index is -0.250. The van der Waals surface area contributed by atoms with E-state index < -0.39 is 0 Å². The summed E-state index contributed by atoms with van der Waals surface area (Å²) in [7, 11) is 0. The maximum atomic E-state index is 13.0. The van der Waals surface area contributed by atoms with Crippen LogP contribution in [0.25, 0.3) is 0 Å². The molecule has 4 rings (SSSR count). The average Bonchev–Trinajstić information content (AvgIpc) is 3.42. The summed E-state index contributed by atoms with van der Waals surface area (Å²) in [6, 6.07) is 13.1. The highest BCUT2D eigenvalue weighted by atomic mass is 35.5. The van der Waals surface area contributed by atoms with E-state index in [1.165, 1.54) is 18.5 Å². The molecular formula is C26H32ClN5O4. The van der Waals surface area contributed by atoms with E-state index >= 15 is 0 Å². The fourth-order valence-electron chi connectivity index (χ4n) is 4.29. The van der Waals surface area contributed by atoms with Crippen LogP contribution in [0.4, 0.5) is 11.4 Å². The van der Waals surface area contributed by atoms with Gasteiger partial charge in [-0.15, -0.1) is 0 Å². The molecule has 2 aromatic rings. The molecule has 3 N–H and O–H groups in total. The highest BCUT2D eigenvalue weighted by Gasteiger charge is 2.29. The summed E-state index contributed by atoms with van der Waals surface area (Å²) in [5.41, 5.74) is 7.43. The first-order chi connectivity index (χ1) is 17.5. The zero-order valence-electron chi connectivity index (χ0n) is 20.4. The third-order valence-electron chi connectivity index (χ3n) is 6.00. The van der Waals surface area contributed by atoms with E-state index in [2.05, 4.69) is 32.9 Å². The number of anilines is 2. The Morgan fingerprint density at radius 2 is 1.86 bits per heavy atom. The van der Waals surface area contributed by atoms with Crippen molar-refractivity contribution in [1.29, 1.82) is 0 Å². The van der Waals surface area contributed by atoms with Crippen molar-refractivity contribution in [2.24, 2.45) is 5.10 Å². The van der Waals surface area contributed by atoms with Crippen LogP contribution in [0.3, 0.4) is 0 Å². The Labute approximate surface area is 216 Å². The number of amides is 2. The van der Waals surface area contributed by atoms with Gasteiger partial charge < -0.3 is 25.6 Å². The second-order valence-electron chi connectivity index (χ2n) is 8.41.